The number of allylic oxidation sites excluding steroid dienone is 2. The molecule has 28 heavy (non-hydrogen) atoms. The Hall–Kier alpha value is -2.83. The number of ether oxygens (including phenoxy) is 1. The Balaban J connectivity index is 2.11. The molecule has 1 aliphatic rings. The summed E-state index contributed by atoms with van der Waals surface area (Å²) in [5.41, 5.74) is 2.05. The van der Waals surface area contributed by atoms with E-state index in [2.05, 4.69) is 4.98 Å². The number of hydrogen-bond donors (Lipinski definition) is 1. The number of phenolic OH excluding ortho intramolecular Hbond substituents is 1. The maximum absolute atomic E-state index is 13.1. The molecule has 0 amide bonds. The van der Waals surface area contributed by atoms with Crippen LogP contribution in [0, 0.1) is 6.92 Å². The van der Waals surface area contributed by atoms with E-state index in [0.29, 0.717) is 29.7 Å². The third-order valence-electron chi connectivity index (χ3n) is 4.74. The third-order valence-corrected chi connectivity index (χ3v) is 4.74. The molecule has 1 aliphatic carbocycles. The summed E-state index contributed by atoms with van der Waals surface area (Å²) in [5.74, 6) is -0.746. The molecule has 1 heterocycles. The lowest BCUT2D eigenvalue weighted by molar-refractivity contribution is -0.137. The minimum absolute atomic E-state index is 0.155. The van der Waals surface area contributed by atoms with E-state index in [4.69, 9.17) is 4.74 Å². The molecule has 1 aromatic carbocycles. The zero-order valence-electron chi connectivity index (χ0n) is 15.6. The lowest BCUT2D eigenvalue weighted by Crippen LogP contribution is -2.10. The van der Waals surface area contributed by atoms with Crippen LogP contribution >= 0.6 is 0 Å². The fourth-order valence-corrected chi connectivity index (χ4v) is 3.38. The SMILES string of the molecule is CCOC(=O)c1nc(C2=C(c3cc(C(F)(F)F)ccc3O)CCC2)ccc1C. The molecule has 3 rings (SSSR count). The van der Waals surface area contributed by atoms with Gasteiger partial charge >= 0.3 is 12.1 Å². The van der Waals surface area contributed by atoms with Crippen LogP contribution < -0.4 is 0 Å². The van der Waals surface area contributed by atoms with Crippen LogP contribution in [-0.4, -0.2) is 22.7 Å². The average molecular weight is 391 g/mol. The number of benzene rings is 1. The van der Waals surface area contributed by atoms with Crippen LogP contribution in [0.25, 0.3) is 11.1 Å². The number of hydrogen-bond acceptors (Lipinski definition) is 4. The Morgan fingerprint density at radius 2 is 1.89 bits per heavy atom. The molecular weight excluding hydrogens is 371 g/mol. The van der Waals surface area contributed by atoms with Crippen molar-refractivity contribution in [2.24, 2.45) is 0 Å². The van der Waals surface area contributed by atoms with Crippen LogP contribution in [0.5, 0.6) is 5.75 Å². The van der Waals surface area contributed by atoms with Gasteiger partial charge < -0.3 is 9.84 Å². The molecule has 4 nitrogen and oxygen atoms in total. The summed E-state index contributed by atoms with van der Waals surface area (Å²) >= 11 is 0. The van der Waals surface area contributed by atoms with Crippen LogP contribution in [0.2, 0.25) is 0 Å². The molecule has 0 unspecified atom stereocenters. The predicted octanol–water partition coefficient (Wildman–Crippen LogP) is 5.39. The molecule has 1 aromatic heterocycles. The smallest absolute Gasteiger partial charge is 0.416 e. The summed E-state index contributed by atoms with van der Waals surface area (Å²) in [6, 6.07) is 6.37. The molecule has 0 saturated carbocycles. The molecule has 0 radical (unpaired) electrons. The second-order valence-corrected chi connectivity index (χ2v) is 6.62. The first-order valence-electron chi connectivity index (χ1n) is 9.00. The van der Waals surface area contributed by atoms with Crippen LogP contribution in [0.15, 0.2) is 30.3 Å². The number of esters is 1. The number of nitrogens with zero attached hydrogens (tertiary/aromatic N) is 1. The Kier molecular flexibility index (Phi) is 5.45. The predicted molar refractivity (Wildman–Crippen MR) is 98.7 cm³/mol. The van der Waals surface area contributed by atoms with Crippen molar-refractivity contribution in [2.45, 2.75) is 39.3 Å². The van der Waals surface area contributed by atoms with Crippen LogP contribution in [0.4, 0.5) is 13.2 Å². The largest absolute Gasteiger partial charge is 0.507 e. The van der Waals surface area contributed by atoms with Crippen molar-refractivity contribution in [1.29, 1.82) is 0 Å². The van der Waals surface area contributed by atoms with Crippen molar-refractivity contribution in [3.8, 4) is 5.75 Å². The van der Waals surface area contributed by atoms with Crippen molar-refractivity contribution in [3.63, 3.8) is 0 Å². The van der Waals surface area contributed by atoms with E-state index < -0.39 is 17.7 Å². The molecule has 1 N–H and O–H groups in total. The van der Waals surface area contributed by atoms with E-state index in [1.807, 2.05) is 0 Å². The Labute approximate surface area is 160 Å². The molecule has 0 spiro atoms. The zero-order valence-corrected chi connectivity index (χ0v) is 15.6. The van der Waals surface area contributed by atoms with Gasteiger partial charge in [0.15, 0.2) is 5.69 Å². The topological polar surface area (TPSA) is 59.4 Å². The van der Waals surface area contributed by atoms with Gasteiger partial charge in [0.05, 0.1) is 17.9 Å². The molecule has 7 heteroatoms. The lowest BCUT2D eigenvalue weighted by Gasteiger charge is -2.14. The Morgan fingerprint density at radius 1 is 1.18 bits per heavy atom. The van der Waals surface area contributed by atoms with E-state index in [1.54, 1.807) is 26.0 Å². The summed E-state index contributed by atoms with van der Waals surface area (Å²) in [6.45, 7) is 3.66. The first-order valence-corrected chi connectivity index (χ1v) is 9.00. The van der Waals surface area contributed by atoms with E-state index in [1.165, 1.54) is 0 Å². The summed E-state index contributed by atoms with van der Waals surface area (Å²) in [7, 11) is 0. The van der Waals surface area contributed by atoms with E-state index in [0.717, 1.165) is 30.2 Å². The number of phenols is 1. The van der Waals surface area contributed by atoms with E-state index in [-0.39, 0.29) is 23.6 Å². The van der Waals surface area contributed by atoms with Gasteiger partial charge in [0.2, 0.25) is 0 Å². The van der Waals surface area contributed by atoms with Gasteiger partial charge in [0.1, 0.15) is 5.75 Å². The highest BCUT2D eigenvalue weighted by atomic mass is 19.4. The zero-order chi connectivity index (χ0) is 20.5. The molecule has 0 atom stereocenters. The van der Waals surface area contributed by atoms with Gasteiger partial charge in [-0.25, -0.2) is 9.78 Å². The highest BCUT2D eigenvalue weighted by molar-refractivity contribution is 5.95. The van der Waals surface area contributed by atoms with Crippen molar-refractivity contribution < 1.29 is 27.8 Å². The monoisotopic (exact) mass is 391 g/mol. The van der Waals surface area contributed by atoms with Gasteiger partial charge in [0, 0.05) is 5.56 Å². The molecule has 0 fully saturated rings. The number of alkyl halides is 3. The minimum atomic E-state index is -4.50. The van der Waals surface area contributed by atoms with Gasteiger partial charge in [-0.15, -0.1) is 0 Å². The van der Waals surface area contributed by atoms with Crippen molar-refractivity contribution in [3.05, 3.63) is 58.4 Å². The quantitative estimate of drug-likeness (QED) is 0.711. The van der Waals surface area contributed by atoms with Crippen molar-refractivity contribution >= 4 is 17.1 Å². The first-order chi connectivity index (χ1) is 13.2. The second-order valence-electron chi connectivity index (χ2n) is 6.62. The van der Waals surface area contributed by atoms with Gasteiger partial charge in [-0.1, -0.05) is 6.07 Å². The Morgan fingerprint density at radius 3 is 2.57 bits per heavy atom. The molecule has 2 aromatic rings. The van der Waals surface area contributed by atoms with Gasteiger partial charge in [-0.3, -0.25) is 0 Å². The van der Waals surface area contributed by atoms with Crippen molar-refractivity contribution in [2.75, 3.05) is 6.61 Å². The number of carbonyl (C=O) groups is 1. The normalized spacial score (nSPS) is 14.5. The molecule has 0 aliphatic heterocycles. The molecular formula is C21H20F3NO3. The summed E-state index contributed by atoms with van der Waals surface area (Å²) < 4.78 is 44.3. The number of aromatic hydroxyl groups is 1. The third kappa shape index (κ3) is 3.88. The van der Waals surface area contributed by atoms with E-state index >= 15 is 0 Å². The van der Waals surface area contributed by atoms with E-state index in [9.17, 15) is 23.1 Å². The minimum Gasteiger partial charge on any atom is -0.507 e. The highest BCUT2D eigenvalue weighted by Crippen LogP contribution is 2.43. The number of carbonyl (C=O) groups excluding carboxylic acids is 1. The maximum atomic E-state index is 13.1. The number of aromatic nitrogens is 1. The highest BCUT2D eigenvalue weighted by Gasteiger charge is 2.32. The molecule has 148 valence electrons. The van der Waals surface area contributed by atoms with Crippen LogP contribution in [0.1, 0.15) is 59.1 Å². The molecule has 0 bridgehead atoms. The number of aryl methyl sites for hydroxylation is 1. The maximum Gasteiger partial charge on any atom is 0.416 e. The number of pyridine rings is 1. The molecule has 0 saturated heterocycles. The van der Waals surface area contributed by atoms with Crippen molar-refractivity contribution in [1.82, 2.24) is 4.98 Å². The van der Waals surface area contributed by atoms with Crippen LogP contribution in [-0.2, 0) is 10.9 Å². The standard InChI is InChI=1S/C21H20F3NO3/c1-3-28-20(27)19-12(2)7-9-17(25-19)15-6-4-5-14(15)16-11-13(21(22,23)24)8-10-18(16)26/h7-11,26H,3-6H2,1-2H3. The first kappa shape index (κ1) is 19.9. The Bertz CT molecular complexity index is 948. The summed E-state index contributed by atoms with van der Waals surface area (Å²) in [5, 5.41) is 10.2. The number of halogens is 3. The van der Waals surface area contributed by atoms with Crippen LogP contribution in [0.3, 0.4) is 0 Å². The average Bonchev–Trinajstić information content (AvgIpc) is 3.11. The van der Waals surface area contributed by atoms with Gasteiger partial charge in [-0.2, -0.15) is 13.2 Å². The fourth-order valence-electron chi connectivity index (χ4n) is 3.38. The summed E-state index contributed by atoms with van der Waals surface area (Å²) in [4.78, 5) is 16.5. The number of rotatable bonds is 4. The second kappa shape index (κ2) is 7.66. The van der Waals surface area contributed by atoms with Gasteiger partial charge in [0.25, 0.3) is 0 Å². The summed E-state index contributed by atoms with van der Waals surface area (Å²) in [6.07, 6.45) is -2.65. The van der Waals surface area contributed by atoms with Gasteiger partial charge in [-0.05, 0) is 74.1 Å². The lowest BCUT2D eigenvalue weighted by atomic mass is 9.96. The fraction of sp³-hybridized carbons (Fsp3) is 0.333.